The second kappa shape index (κ2) is 6.17. The van der Waals surface area contributed by atoms with E-state index < -0.39 is 0 Å². The van der Waals surface area contributed by atoms with Gasteiger partial charge in [-0.05, 0) is 31.0 Å². The summed E-state index contributed by atoms with van der Waals surface area (Å²) in [5.74, 6) is 0. The van der Waals surface area contributed by atoms with Gasteiger partial charge < -0.3 is 10.0 Å². The van der Waals surface area contributed by atoms with Crippen LogP contribution in [0.1, 0.15) is 31.2 Å². The van der Waals surface area contributed by atoms with Crippen LogP contribution in [0.15, 0.2) is 17.5 Å². The largest absolute Gasteiger partial charge is 0.388 e. The number of hydrogen-bond donors (Lipinski definition) is 1. The third-order valence-corrected chi connectivity index (χ3v) is 3.46. The summed E-state index contributed by atoms with van der Waals surface area (Å²) in [4.78, 5) is 3.41. The molecule has 0 bridgehead atoms. The molecule has 0 aliphatic rings. The fourth-order valence-corrected chi connectivity index (χ4v) is 2.21. The van der Waals surface area contributed by atoms with Crippen molar-refractivity contribution in [2.75, 3.05) is 19.6 Å². The van der Waals surface area contributed by atoms with Crippen LogP contribution in [0, 0.1) is 0 Å². The number of aliphatic hydroxyl groups is 1. The average molecular weight is 213 g/mol. The molecule has 1 heterocycles. The van der Waals surface area contributed by atoms with E-state index in [1.165, 1.54) is 0 Å². The van der Waals surface area contributed by atoms with Gasteiger partial charge >= 0.3 is 0 Å². The second-order valence-corrected chi connectivity index (χ2v) is 4.33. The third-order valence-electron chi connectivity index (χ3n) is 2.48. The SMILES string of the molecule is CCN(CC)CCC(O)c1cccs1. The lowest BCUT2D eigenvalue weighted by Gasteiger charge is -2.19. The van der Waals surface area contributed by atoms with E-state index in [2.05, 4.69) is 18.7 Å². The van der Waals surface area contributed by atoms with Crippen LogP contribution in [-0.2, 0) is 0 Å². The Kier molecular flexibility index (Phi) is 5.15. The number of thiophene rings is 1. The van der Waals surface area contributed by atoms with Crippen LogP contribution in [-0.4, -0.2) is 29.6 Å². The first-order valence-electron chi connectivity index (χ1n) is 5.21. The van der Waals surface area contributed by atoms with Crippen molar-refractivity contribution >= 4 is 11.3 Å². The molecule has 1 rings (SSSR count). The van der Waals surface area contributed by atoms with E-state index >= 15 is 0 Å². The molecule has 0 aliphatic carbocycles. The summed E-state index contributed by atoms with van der Waals surface area (Å²) in [5.41, 5.74) is 0. The fourth-order valence-electron chi connectivity index (χ4n) is 1.47. The molecule has 0 aromatic carbocycles. The predicted octanol–water partition coefficient (Wildman–Crippen LogP) is 2.51. The lowest BCUT2D eigenvalue weighted by Crippen LogP contribution is -2.25. The van der Waals surface area contributed by atoms with E-state index in [9.17, 15) is 5.11 Å². The van der Waals surface area contributed by atoms with Gasteiger partial charge in [-0.3, -0.25) is 0 Å². The van der Waals surface area contributed by atoms with Crippen molar-refractivity contribution < 1.29 is 5.11 Å². The molecule has 0 aliphatic heterocycles. The Labute approximate surface area is 90.2 Å². The highest BCUT2D eigenvalue weighted by molar-refractivity contribution is 7.10. The first-order chi connectivity index (χ1) is 6.77. The molecule has 0 saturated heterocycles. The van der Waals surface area contributed by atoms with Crippen molar-refractivity contribution in [3.8, 4) is 0 Å². The molecule has 1 aromatic heterocycles. The molecular weight excluding hydrogens is 194 g/mol. The van der Waals surface area contributed by atoms with E-state index in [-0.39, 0.29) is 6.10 Å². The van der Waals surface area contributed by atoms with Gasteiger partial charge in [-0.1, -0.05) is 19.9 Å². The number of hydrogen-bond acceptors (Lipinski definition) is 3. The van der Waals surface area contributed by atoms with Gasteiger partial charge in [0.25, 0.3) is 0 Å². The normalized spacial score (nSPS) is 13.4. The van der Waals surface area contributed by atoms with Crippen molar-refractivity contribution in [3.63, 3.8) is 0 Å². The summed E-state index contributed by atoms with van der Waals surface area (Å²) < 4.78 is 0. The van der Waals surface area contributed by atoms with E-state index in [0.717, 1.165) is 30.9 Å². The minimum atomic E-state index is -0.282. The molecule has 2 nitrogen and oxygen atoms in total. The van der Waals surface area contributed by atoms with Gasteiger partial charge in [0.1, 0.15) is 0 Å². The molecule has 1 N–H and O–H groups in total. The number of aliphatic hydroxyl groups excluding tert-OH is 1. The van der Waals surface area contributed by atoms with Crippen LogP contribution < -0.4 is 0 Å². The smallest absolute Gasteiger partial charge is 0.0894 e. The monoisotopic (exact) mass is 213 g/mol. The highest BCUT2D eigenvalue weighted by Crippen LogP contribution is 2.21. The van der Waals surface area contributed by atoms with Crippen molar-refractivity contribution in [3.05, 3.63) is 22.4 Å². The van der Waals surface area contributed by atoms with Crippen LogP contribution in [0.4, 0.5) is 0 Å². The first kappa shape index (κ1) is 11.7. The molecular formula is C11H19NOS. The first-order valence-corrected chi connectivity index (χ1v) is 6.09. The maximum atomic E-state index is 9.83. The molecule has 0 amide bonds. The van der Waals surface area contributed by atoms with E-state index in [1.807, 2.05) is 17.5 Å². The fraction of sp³-hybridized carbons (Fsp3) is 0.636. The average Bonchev–Trinajstić information content (AvgIpc) is 2.72. The highest BCUT2D eigenvalue weighted by Gasteiger charge is 2.09. The number of nitrogens with zero attached hydrogens (tertiary/aromatic N) is 1. The highest BCUT2D eigenvalue weighted by atomic mass is 32.1. The van der Waals surface area contributed by atoms with Crippen LogP contribution in [0.5, 0.6) is 0 Å². The van der Waals surface area contributed by atoms with E-state index in [4.69, 9.17) is 0 Å². The maximum absolute atomic E-state index is 9.83. The predicted molar refractivity (Wildman–Crippen MR) is 61.7 cm³/mol. The Balaban J connectivity index is 2.31. The van der Waals surface area contributed by atoms with Gasteiger partial charge in [0, 0.05) is 11.4 Å². The molecule has 1 aromatic rings. The molecule has 0 spiro atoms. The van der Waals surface area contributed by atoms with Crippen molar-refractivity contribution in [1.29, 1.82) is 0 Å². The minimum Gasteiger partial charge on any atom is -0.388 e. The van der Waals surface area contributed by atoms with E-state index in [0.29, 0.717) is 0 Å². The summed E-state index contributed by atoms with van der Waals surface area (Å²) in [6.07, 6.45) is 0.554. The van der Waals surface area contributed by atoms with Crippen molar-refractivity contribution in [1.82, 2.24) is 4.90 Å². The molecule has 3 heteroatoms. The summed E-state index contributed by atoms with van der Waals surface area (Å²) in [6, 6.07) is 3.98. The third kappa shape index (κ3) is 3.40. The molecule has 1 atom stereocenters. The Hall–Kier alpha value is -0.380. The minimum absolute atomic E-state index is 0.282. The molecule has 0 saturated carbocycles. The summed E-state index contributed by atoms with van der Waals surface area (Å²) in [5, 5.41) is 11.8. The lowest BCUT2D eigenvalue weighted by molar-refractivity contribution is 0.148. The van der Waals surface area contributed by atoms with Gasteiger partial charge in [-0.15, -0.1) is 11.3 Å². The number of rotatable bonds is 6. The Morgan fingerprint density at radius 1 is 1.43 bits per heavy atom. The maximum Gasteiger partial charge on any atom is 0.0894 e. The van der Waals surface area contributed by atoms with Crippen LogP contribution in [0.3, 0.4) is 0 Å². The molecule has 14 heavy (non-hydrogen) atoms. The van der Waals surface area contributed by atoms with Crippen LogP contribution in [0.2, 0.25) is 0 Å². The summed E-state index contributed by atoms with van der Waals surface area (Å²) in [6.45, 7) is 7.41. The zero-order chi connectivity index (χ0) is 10.4. The second-order valence-electron chi connectivity index (χ2n) is 3.35. The van der Waals surface area contributed by atoms with Gasteiger partial charge in [-0.2, -0.15) is 0 Å². The quantitative estimate of drug-likeness (QED) is 0.785. The summed E-state index contributed by atoms with van der Waals surface area (Å²) >= 11 is 1.63. The zero-order valence-electron chi connectivity index (χ0n) is 8.94. The van der Waals surface area contributed by atoms with Gasteiger partial charge in [0.15, 0.2) is 0 Å². The van der Waals surface area contributed by atoms with Crippen molar-refractivity contribution in [2.24, 2.45) is 0 Å². The Morgan fingerprint density at radius 3 is 2.64 bits per heavy atom. The Morgan fingerprint density at radius 2 is 2.14 bits per heavy atom. The topological polar surface area (TPSA) is 23.5 Å². The molecule has 1 unspecified atom stereocenters. The molecule has 0 fully saturated rings. The molecule has 0 radical (unpaired) electrons. The van der Waals surface area contributed by atoms with Gasteiger partial charge in [0.05, 0.1) is 6.10 Å². The van der Waals surface area contributed by atoms with Gasteiger partial charge in [0.2, 0.25) is 0 Å². The molecule has 80 valence electrons. The standard InChI is InChI=1S/C11H19NOS/c1-3-12(4-2)8-7-10(13)11-6-5-9-14-11/h5-6,9-10,13H,3-4,7-8H2,1-2H3. The van der Waals surface area contributed by atoms with Crippen LogP contribution in [0.25, 0.3) is 0 Å². The van der Waals surface area contributed by atoms with Crippen LogP contribution >= 0.6 is 11.3 Å². The summed E-state index contributed by atoms with van der Waals surface area (Å²) in [7, 11) is 0. The Bertz CT molecular complexity index is 231. The zero-order valence-corrected chi connectivity index (χ0v) is 9.76. The van der Waals surface area contributed by atoms with Crippen molar-refractivity contribution in [2.45, 2.75) is 26.4 Å². The van der Waals surface area contributed by atoms with Gasteiger partial charge in [-0.25, -0.2) is 0 Å². The lowest BCUT2D eigenvalue weighted by atomic mass is 10.2. The van der Waals surface area contributed by atoms with E-state index in [1.54, 1.807) is 11.3 Å².